The first-order valence-electron chi connectivity index (χ1n) is 9.49. The average molecular weight is 454 g/mol. The van der Waals surface area contributed by atoms with Gasteiger partial charge >= 0.3 is 0 Å². The molecule has 0 saturated heterocycles. The second-order valence-corrected chi connectivity index (χ2v) is 7.53. The van der Waals surface area contributed by atoms with Gasteiger partial charge in [-0.05, 0) is 36.4 Å². The molecule has 32 heavy (non-hydrogen) atoms. The highest BCUT2D eigenvalue weighted by atomic mass is 32.1. The minimum Gasteiger partial charge on any atom is -0.441 e. The molecule has 4 aromatic rings. The van der Waals surface area contributed by atoms with Crippen molar-refractivity contribution in [3.05, 3.63) is 83.3 Å². The molecule has 0 aliphatic rings. The molecular weight excluding hydrogens is 438 g/mol. The quantitative estimate of drug-likeness (QED) is 0.414. The molecule has 0 aliphatic carbocycles. The molecule has 4 rings (SSSR count). The van der Waals surface area contributed by atoms with Crippen molar-refractivity contribution >= 4 is 34.0 Å². The van der Waals surface area contributed by atoms with Gasteiger partial charge in [-0.15, -0.1) is 11.3 Å². The van der Waals surface area contributed by atoms with Crippen molar-refractivity contribution in [2.24, 2.45) is 0 Å². The topological polar surface area (TPSA) is 97.1 Å². The summed E-state index contributed by atoms with van der Waals surface area (Å²) < 4.78 is 33.1. The zero-order valence-electron chi connectivity index (χ0n) is 16.5. The third-order valence-corrected chi connectivity index (χ3v) is 5.10. The number of amides is 2. The highest BCUT2D eigenvalue weighted by Gasteiger charge is 2.16. The van der Waals surface area contributed by atoms with Crippen molar-refractivity contribution in [1.82, 2.24) is 9.97 Å². The van der Waals surface area contributed by atoms with Gasteiger partial charge in [0.1, 0.15) is 11.6 Å². The second-order valence-electron chi connectivity index (χ2n) is 6.63. The lowest BCUT2D eigenvalue weighted by atomic mass is 10.1. The summed E-state index contributed by atoms with van der Waals surface area (Å²) in [7, 11) is 0. The Labute approximate surface area is 185 Å². The molecule has 0 unspecified atom stereocenters. The highest BCUT2D eigenvalue weighted by molar-refractivity contribution is 7.13. The molecule has 2 heterocycles. The van der Waals surface area contributed by atoms with Crippen molar-refractivity contribution in [1.29, 1.82) is 0 Å². The number of hydrogen-bond donors (Lipinski definition) is 2. The summed E-state index contributed by atoms with van der Waals surface area (Å²) in [4.78, 5) is 32.3. The number of nitrogens with one attached hydrogen (secondary N) is 2. The van der Waals surface area contributed by atoms with E-state index in [1.54, 1.807) is 35.8 Å². The van der Waals surface area contributed by atoms with E-state index >= 15 is 0 Å². The molecule has 0 radical (unpaired) electrons. The van der Waals surface area contributed by atoms with Crippen LogP contribution >= 0.6 is 11.3 Å². The number of thiazole rings is 1. The van der Waals surface area contributed by atoms with E-state index in [0.717, 1.165) is 12.1 Å². The molecule has 2 aromatic heterocycles. The van der Waals surface area contributed by atoms with E-state index in [1.165, 1.54) is 23.6 Å². The zero-order chi connectivity index (χ0) is 22.5. The van der Waals surface area contributed by atoms with Crippen LogP contribution in [0.1, 0.15) is 22.7 Å². The largest absolute Gasteiger partial charge is 0.441 e. The third-order valence-electron chi connectivity index (χ3n) is 4.41. The summed E-state index contributed by atoms with van der Waals surface area (Å²) in [6, 6.07) is 9.90. The Morgan fingerprint density at radius 3 is 2.44 bits per heavy atom. The number of hydrogen-bond acceptors (Lipinski definition) is 6. The molecule has 0 bridgehead atoms. The number of oxazole rings is 1. The van der Waals surface area contributed by atoms with Crippen LogP contribution in [0.3, 0.4) is 0 Å². The number of aromatic nitrogens is 2. The lowest BCUT2D eigenvalue weighted by Crippen LogP contribution is -2.14. The van der Waals surface area contributed by atoms with Crippen LogP contribution in [0.25, 0.3) is 11.3 Å². The lowest BCUT2D eigenvalue weighted by Gasteiger charge is -2.06. The van der Waals surface area contributed by atoms with Crippen molar-refractivity contribution in [3.63, 3.8) is 0 Å². The van der Waals surface area contributed by atoms with Gasteiger partial charge in [-0.2, -0.15) is 0 Å². The third kappa shape index (κ3) is 5.03. The van der Waals surface area contributed by atoms with Crippen molar-refractivity contribution in [2.75, 3.05) is 10.6 Å². The Kier molecular flexibility index (Phi) is 6.31. The molecule has 2 amide bonds. The van der Waals surface area contributed by atoms with Crippen LogP contribution in [0, 0.1) is 11.6 Å². The number of rotatable bonds is 7. The molecule has 7 nitrogen and oxygen atoms in total. The number of anilines is 2. The second kappa shape index (κ2) is 9.48. The predicted molar refractivity (Wildman–Crippen MR) is 115 cm³/mol. The van der Waals surface area contributed by atoms with Crippen LogP contribution in [-0.4, -0.2) is 21.8 Å². The first-order valence-corrected chi connectivity index (χ1v) is 10.4. The fraction of sp³-hybridized carbons (Fsp3) is 0.0909. The van der Waals surface area contributed by atoms with Gasteiger partial charge in [0.25, 0.3) is 5.91 Å². The maximum Gasteiger partial charge on any atom is 0.257 e. The van der Waals surface area contributed by atoms with Crippen LogP contribution in [0.4, 0.5) is 19.6 Å². The molecule has 0 atom stereocenters. The Balaban J connectivity index is 1.31. The normalized spacial score (nSPS) is 10.7. The molecule has 162 valence electrons. The lowest BCUT2D eigenvalue weighted by molar-refractivity contribution is -0.116. The van der Waals surface area contributed by atoms with E-state index in [2.05, 4.69) is 20.6 Å². The predicted octanol–water partition coefficient (Wildman–Crippen LogP) is 4.90. The highest BCUT2D eigenvalue weighted by Crippen LogP contribution is 2.26. The number of carbonyl (C=O) groups excluding carboxylic acids is 2. The number of aryl methyl sites for hydroxylation is 1. The van der Waals surface area contributed by atoms with Gasteiger partial charge in [-0.1, -0.05) is 6.07 Å². The van der Waals surface area contributed by atoms with Crippen molar-refractivity contribution in [2.45, 2.75) is 12.8 Å². The molecule has 0 aliphatic heterocycles. The Morgan fingerprint density at radius 2 is 1.75 bits per heavy atom. The number of nitrogens with zero attached hydrogens (tertiary/aromatic N) is 2. The maximum absolute atomic E-state index is 13.9. The summed E-state index contributed by atoms with van der Waals surface area (Å²) >= 11 is 1.31. The van der Waals surface area contributed by atoms with Crippen molar-refractivity contribution < 1.29 is 22.8 Å². The Bertz CT molecular complexity index is 1220. The fourth-order valence-corrected chi connectivity index (χ4v) is 3.40. The van der Waals surface area contributed by atoms with Gasteiger partial charge in [0, 0.05) is 35.7 Å². The van der Waals surface area contributed by atoms with Crippen LogP contribution in [0.5, 0.6) is 0 Å². The maximum atomic E-state index is 13.9. The summed E-state index contributed by atoms with van der Waals surface area (Å²) in [5.74, 6) is -1.97. The van der Waals surface area contributed by atoms with Crippen LogP contribution < -0.4 is 10.6 Å². The van der Waals surface area contributed by atoms with E-state index in [9.17, 15) is 18.4 Å². The summed E-state index contributed by atoms with van der Waals surface area (Å²) in [5, 5.41) is 7.64. The minimum absolute atomic E-state index is 0.0392. The van der Waals surface area contributed by atoms with Crippen LogP contribution in [-0.2, 0) is 11.2 Å². The monoisotopic (exact) mass is 454 g/mol. The molecular formula is C22H16F2N4O3S. The first-order chi connectivity index (χ1) is 15.5. The summed E-state index contributed by atoms with van der Waals surface area (Å²) in [6.07, 6.45) is 3.02. The van der Waals surface area contributed by atoms with Gasteiger partial charge in [0.15, 0.2) is 16.8 Å². The van der Waals surface area contributed by atoms with Gasteiger partial charge in [-0.3, -0.25) is 14.9 Å². The van der Waals surface area contributed by atoms with Gasteiger partial charge < -0.3 is 9.73 Å². The molecule has 0 saturated carbocycles. The molecule has 2 aromatic carbocycles. The summed E-state index contributed by atoms with van der Waals surface area (Å²) in [6.45, 7) is 0. The fourth-order valence-electron chi connectivity index (χ4n) is 2.88. The SMILES string of the molecule is O=C(CCc1ncc(-c2c(F)cccc2F)o1)Nc1ccc(C(=O)Nc2nccs2)cc1. The van der Waals surface area contributed by atoms with E-state index < -0.39 is 11.6 Å². The van der Waals surface area contributed by atoms with Gasteiger partial charge in [0.2, 0.25) is 5.91 Å². The standard InChI is InChI=1S/C22H16F2N4O3S/c23-15-2-1-3-16(24)20(15)17-12-26-19(31-17)9-8-18(29)27-14-6-4-13(5-7-14)21(30)28-22-25-10-11-32-22/h1-7,10-12H,8-9H2,(H,27,29)(H,25,28,30). The summed E-state index contributed by atoms with van der Waals surface area (Å²) in [5.41, 5.74) is 0.642. The molecule has 0 spiro atoms. The molecule has 10 heteroatoms. The average Bonchev–Trinajstić information content (AvgIpc) is 3.45. The van der Waals surface area contributed by atoms with E-state index in [0.29, 0.717) is 16.4 Å². The number of halogens is 2. The minimum atomic E-state index is -0.755. The zero-order valence-corrected chi connectivity index (χ0v) is 17.3. The van der Waals surface area contributed by atoms with Crippen LogP contribution in [0.15, 0.2) is 64.7 Å². The molecule has 2 N–H and O–H groups in total. The number of benzene rings is 2. The van der Waals surface area contributed by atoms with E-state index in [4.69, 9.17) is 4.42 Å². The van der Waals surface area contributed by atoms with Crippen LogP contribution in [0.2, 0.25) is 0 Å². The van der Waals surface area contributed by atoms with E-state index in [-0.39, 0.29) is 41.9 Å². The Hall–Kier alpha value is -3.92. The number of carbonyl (C=O) groups is 2. The van der Waals surface area contributed by atoms with Crippen molar-refractivity contribution in [3.8, 4) is 11.3 Å². The van der Waals surface area contributed by atoms with Gasteiger partial charge in [0.05, 0.1) is 11.8 Å². The smallest absolute Gasteiger partial charge is 0.257 e. The van der Waals surface area contributed by atoms with E-state index in [1.807, 2.05) is 0 Å². The van der Waals surface area contributed by atoms with Gasteiger partial charge in [-0.25, -0.2) is 18.7 Å². The Morgan fingerprint density at radius 1 is 1.00 bits per heavy atom. The molecule has 0 fully saturated rings. The first kappa shape index (κ1) is 21.3.